The number of hydrogen-bond acceptors (Lipinski definition) is 4. The maximum absolute atomic E-state index is 14.3. The number of fused-ring (bicyclic) bond motifs is 1. The van der Waals surface area contributed by atoms with Crippen molar-refractivity contribution in [3.63, 3.8) is 0 Å². The molecule has 0 aliphatic carbocycles. The first-order valence-corrected chi connectivity index (χ1v) is 6.03. The Kier molecular flexibility index (Phi) is 2.74. The van der Waals surface area contributed by atoms with Crippen molar-refractivity contribution in [3.8, 4) is 22.8 Å². The number of nitrogens with zero attached hydrogens (tertiary/aromatic N) is 2. The van der Waals surface area contributed by atoms with Crippen LogP contribution >= 0.6 is 11.6 Å². The molecule has 2 heterocycles. The maximum Gasteiger partial charge on any atom is 0.182 e. The first kappa shape index (κ1) is 12.1. The van der Waals surface area contributed by atoms with Gasteiger partial charge in [0.05, 0.1) is 5.69 Å². The monoisotopic (exact) mass is 283 g/mol. The van der Waals surface area contributed by atoms with Gasteiger partial charge in [0.2, 0.25) is 0 Å². The van der Waals surface area contributed by atoms with Gasteiger partial charge in [-0.2, -0.15) is 5.10 Å². The lowest BCUT2D eigenvalue weighted by molar-refractivity contribution is 0.171. The minimum Gasteiger partial charge on any atom is -0.486 e. The van der Waals surface area contributed by atoms with Crippen LogP contribution in [0.25, 0.3) is 11.3 Å². The summed E-state index contributed by atoms with van der Waals surface area (Å²) < 4.78 is 26.4. The number of aryl methyl sites for hydroxylation is 1. The van der Waals surface area contributed by atoms with Crippen molar-refractivity contribution in [1.29, 1.82) is 0 Å². The Morgan fingerprint density at radius 3 is 2.79 bits per heavy atom. The van der Waals surface area contributed by atoms with E-state index >= 15 is 0 Å². The van der Waals surface area contributed by atoms with Crippen LogP contribution in [0.2, 0.25) is 5.02 Å². The van der Waals surface area contributed by atoms with Crippen LogP contribution in [0.15, 0.2) is 12.1 Å². The molecule has 2 aromatic rings. The average Bonchev–Trinajstić information content (AvgIpc) is 2.74. The van der Waals surface area contributed by atoms with Crippen LogP contribution in [-0.2, 0) is 7.05 Å². The molecule has 0 bridgehead atoms. The second-order valence-corrected chi connectivity index (χ2v) is 4.53. The van der Waals surface area contributed by atoms with Crippen LogP contribution in [0.3, 0.4) is 0 Å². The van der Waals surface area contributed by atoms with Crippen LogP contribution < -0.4 is 15.2 Å². The first-order chi connectivity index (χ1) is 9.08. The molecule has 3 rings (SSSR count). The fraction of sp³-hybridized carbons (Fsp3) is 0.250. The fourth-order valence-corrected chi connectivity index (χ4v) is 2.17. The van der Waals surface area contributed by atoms with E-state index in [0.29, 0.717) is 30.5 Å². The molecule has 1 aromatic carbocycles. The van der Waals surface area contributed by atoms with Crippen molar-refractivity contribution in [3.05, 3.63) is 23.0 Å². The molecule has 1 aliphatic heterocycles. The molecule has 0 saturated heterocycles. The summed E-state index contributed by atoms with van der Waals surface area (Å²) in [5.41, 5.74) is 6.33. The molecule has 0 saturated carbocycles. The lowest BCUT2D eigenvalue weighted by atomic mass is 10.1. The van der Waals surface area contributed by atoms with Crippen molar-refractivity contribution < 1.29 is 13.9 Å². The van der Waals surface area contributed by atoms with Crippen LogP contribution in [-0.4, -0.2) is 23.0 Å². The first-order valence-electron chi connectivity index (χ1n) is 5.65. The van der Waals surface area contributed by atoms with Crippen molar-refractivity contribution >= 4 is 17.4 Å². The topological polar surface area (TPSA) is 62.3 Å². The summed E-state index contributed by atoms with van der Waals surface area (Å²) in [6, 6.07) is 3.10. The summed E-state index contributed by atoms with van der Waals surface area (Å²) in [5, 5.41) is 4.03. The zero-order valence-corrected chi connectivity index (χ0v) is 10.9. The van der Waals surface area contributed by atoms with Gasteiger partial charge in [-0.25, -0.2) is 4.39 Å². The predicted molar refractivity (Wildman–Crippen MR) is 69.0 cm³/mol. The van der Waals surface area contributed by atoms with Gasteiger partial charge in [0.25, 0.3) is 0 Å². The van der Waals surface area contributed by atoms with Crippen molar-refractivity contribution in [2.75, 3.05) is 18.9 Å². The predicted octanol–water partition coefficient (Wildman–Crippen LogP) is 2.23. The van der Waals surface area contributed by atoms with Crippen LogP contribution in [0.5, 0.6) is 11.5 Å². The molecule has 1 aliphatic rings. The molecule has 7 heteroatoms. The van der Waals surface area contributed by atoms with E-state index in [9.17, 15) is 4.39 Å². The highest BCUT2D eigenvalue weighted by Crippen LogP contribution is 2.43. The summed E-state index contributed by atoms with van der Waals surface area (Å²) >= 11 is 5.97. The molecule has 0 atom stereocenters. The van der Waals surface area contributed by atoms with Gasteiger partial charge >= 0.3 is 0 Å². The second-order valence-electron chi connectivity index (χ2n) is 4.15. The Balaban J connectivity index is 2.19. The van der Waals surface area contributed by atoms with E-state index in [1.165, 1.54) is 10.7 Å². The lowest BCUT2D eigenvalue weighted by Crippen LogP contribution is -2.16. The van der Waals surface area contributed by atoms with Crippen LogP contribution in [0, 0.1) is 5.82 Å². The second kappa shape index (κ2) is 4.31. The molecule has 19 heavy (non-hydrogen) atoms. The number of benzene rings is 1. The molecular formula is C12H11ClFN3O2. The standard InChI is InChI=1S/C12H11ClFN3O2/c1-17-9(15)5-7(16-17)6-4-8-12(10(13)11(6)14)19-3-2-18-8/h4-5H,2-3,15H2,1H3. The van der Waals surface area contributed by atoms with E-state index in [4.69, 9.17) is 26.8 Å². The molecule has 0 fully saturated rings. The van der Waals surface area contributed by atoms with Gasteiger partial charge in [-0.1, -0.05) is 11.6 Å². The van der Waals surface area contributed by atoms with E-state index in [0.717, 1.165) is 0 Å². The Bertz CT molecular complexity index is 637. The number of rotatable bonds is 1. The Hall–Kier alpha value is -1.95. The molecule has 0 radical (unpaired) electrons. The smallest absolute Gasteiger partial charge is 0.182 e. The summed E-state index contributed by atoms with van der Waals surface area (Å²) in [6.45, 7) is 0.751. The van der Waals surface area contributed by atoms with Crippen molar-refractivity contribution in [2.24, 2.45) is 7.05 Å². The average molecular weight is 284 g/mol. The third-order valence-electron chi connectivity index (χ3n) is 2.91. The summed E-state index contributed by atoms with van der Waals surface area (Å²) in [7, 11) is 1.68. The fourth-order valence-electron chi connectivity index (χ4n) is 1.92. The molecular weight excluding hydrogens is 273 g/mol. The van der Waals surface area contributed by atoms with Gasteiger partial charge in [0.1, 0.15) is 24.1 Å². The molecule has 0 amide bonds. The highest BCUT2D eigenvalue weighted by atomic mass is 35.5. The number of anilines is 1. The number of nitrogens with two attached hydrogens (primary N) is 1. The van der Waals surface area contributed by atoms with Crippen LogP contribution in [0.4, 0.5) is 10.2 Å². The van der Waals surface area contributed by atoms with Crippen molar-refractivity contribution in [2.45, 2.75) is 0 Å². The molecule has 0 unspecified atom stereocenters. The van der Waals surface area contributed by atoms with Gasteiger partial charge in [-0.05, 0) is 6.07 Å². The number of halogens is 2. The maximum atomic E-state index is 14.3. The van der Waals surface area contributed by atoms with E-state index in [-0.39, 0.29) is 16.3 Å². The highest BCUT2D eigenvalue weighted by molar-refractivity contribution is 6.32. The number of nitrogen functional groups attached to an aromatic ring is 1. The van der Waals surface area contributed by atoms with Gasteiger partial charge in [0, 0.05) is 18.7 Å². The minimum absolute atomic E-state index is 0.101. The van der Waals surface area contributed by atoms with Crippen molar-refractivity contribution in [1.82, 2.24) is 9.78 Å². The third kappa shape index (κ3) is 1.88. The van der Waals surface area contributed by atoms with Gasteiger partial charge in [-0.3, -0.25) is 4.68 Å². The minimum atomic E-state index is -0.594. The quantitative estimate of drug-likeness (QED) is 0.872. The zero-order chi connectivity index (χ0) is 13.6. The largest absolute Gasteiger partial charge is 0.486 e. The molecule has 5 nitrogen and oxygen atoms in total. The number of aromatic nitrogens is 2. The van der Waals surface area contributed by atoms with Crippen LogP contribution in [0.1, 0.15) is 0 Å². The molecule has 0 spiro atoms. The van der Waals surface area contributed by atoms with E-state index < -0.39 is 5.82 Å². The molecule has 1 aromatic heterocycles. The van der Waals surface area contributed by atoms with E-state index in [1.807, 2.05) is 0 Å². The summed E-state index contributed by atoms with van der Waals surface area (Å²) in [6.07, 6.45) is 0. The SMILES string of the molecule is Cn1nc(-c2cc3c(c(Cl)c2F)OCCO3)cc1N. The lowest BCUT2D eigenvalue weighted by Gasteiger charge is -2.20. The van der Waals surface area contributed by atoms with Gasteiger partial charge in [0.15, 0.2) is 17.3 Å². The number of hydrogen-bond donors (Lipinski definition) is 1. The molecule has 100 valence electrons. The number of ether oxygens (including phenoxy) is 2. The highest BCUT2D eigenvalue weighted by Gasteiger charge is 2.24. The zero-order valence-electron chi connectivity index (χ0n) is 10.1. The Labute approximate surface area is 113 Å². The summed E-state index contributed by atoms with van der Waals surface area (Å²) in [4.78, 5) is 0. The summed E-state index contributed by atoms with van der Waals surface area (Å²) in [5.74, 6) is 0.486. The third-order valence-corrected chi connectivity index (χ3v) is 3.24. The van der Waals surface area contributed by atoms with E-state index in [1.54, 1.807) is 13.1 Å². The van der Waals surface area contributed by atoms with Gasteiger partial charge in [-0.15, -0.1) is 0 Å². The normalized spacial score (nSPS) is 13.6. The Morgan fingerprint density at radius 1 is 1.37 bits per heavy atom. The Morgan fingerprint density at radius 2 is 2.11 bits per heavy atom. The molecule has 2 N–H and O–H groups in total. The van der Waals surface area contributed by atoms with E-state index in [2.05, 4.69) is 5.10 Å². The van der Waals surface area contributed by atoms with Gasteiger partial charge < -0.3 is 15.2 Å².